The number of carbonyl (C=O) groups is 1. The molecule has 134 valence electrons. The largest absolute Gasteiger partial charge is 0.369 e. The number of amides is 1. The van der Waals surface area contributed by atoms with E-state index in [4.69, 9.17) is 5.26 Å². The SMILES string of the molecule is C[C@@H](CN1CCN(c2ccccc2)CC1)NC(=O)c1ccc(C#N)cn1. The van der Waals surface area contributed by atoms with E-state index in [0.717, 1.165) is 32.7 Å². The van der Waals surface area contributed by atoms with Gasteiger partial charge in [-0.2, -0.15) is 5.26 Å². The van der Waals surface area contributed by atoms with Crippen LogP contribution in [0.15, 0.2) is 48.7 Å². The van der Waals surface area contributed by atoms with Crippen LogP contribution in [0.2, 0.25) is 0 Å². The van der Waals surface area contributed by atoms with Gasteiger partial charge in [0.05, 0.1) is 5.56 Å². The first-order valence-corrected chi connectivity index (χ1v) is 8.85. The number of aromatic nitrogens is 1. The highest BCUT2D eigenvalue weighted by Crippen LogP contribution is 2.15. The van der Waals surface area contributed by atoms with Crippen LogP contribution in [0.25, 0.3) is 0 Å². The molecule has 0 radical (unpaired) electrons. The van der Waals surface area contributed by atoms with E-state index < -0.39 is 0 Å². The maximum atomic E-state index is 12.3. The van der Waals surface area contributed by atoms with Gasteiger partial charge in [0.25, 0.3) is 5.91 Å². The van der Waals surface area contributed by atoms with Gasteiger partial charge in [0.2, 0.25) is 0 Å². The summed E-state index contributed by atoms with van der Waals surface area (Å²) in [4.78, 5) is 21.0. The first kappa shape index (κ1) is 17.9. The number of para-hydroxylation sites is 1. The summed E-state index contributed by atoms with van der Waals surface area (Å²) in [6.45, 7) is 6.74. The molecule has 1 aliphatic heterocycles. The second-order valence-corrected chi connectivity index (χ2v) is 6.54. The van der Waals surface area contributed by atoms with Crippen molar-refractivity contribution in [2.45, 2.75) is 13.0 Å². The molecule has 6 nitrogen and oxygen atoms in total. The number of nitrogens with zero attached hydrogens (tertiary/aromatic N) is 4. The van der Waals surface area contributed by atoms with Gasteiger partial charge in [-0.1, -0.05) is 18.2 Å². The first-order valence-electron chi connectivity index (χ1n) is 8.85. The smallest absolute Gasteiger partial charge is 0.270 e. The number of rotatable bonds is 5. The minimum absolute atomic E-state index is 0.0308. The summed E-state index contributed by atoms with van der Waals surface area (Å²) in [5.74, 6) is -0.204. The number of pyridine rings is 1. The zero-order valence-corrected chi connectivity index (χ0v) is 14.9. The molecule has 1 aliphatic rings. The normalized spacial score (nSPS) is 15.9. The Kier molecular flexibility index (Phi) is 5.82. The van der Waals surface area contributed by atoms with Crippen LogP contribution in [0.5, 0.6) is 0 Å². The zero-order chi connectivity index (χ0) is 18.4. The fourth-order valence-electron chi connectivity index (χ4n) is 3.15. The molecule has 26 heavy (non-hydrogen) atoms. The summed E-state index contributed by atoms with van der Waals surface area (Å²) in [5, 5.41) is 11.8. The van der Waals surface area contributed by atoms with Gasteiger partial charge in [0.15, 0.2) is 0 Å². The number of hydrogen-bond donors (Lipinski definition) is 1. The van der Waals surface area contributed by atoms with Crippen LogP contribution in [0.3, 0.4) is 0 Å². The molecule has 2 aromatic rings. The van der Waals surface area contributed by atoms with Crippen LogP contribution in [-0.2, 0) is 0 Å². The van der Waals surface area contributed by atoms with Crippen molar-refractivity contribution in [3.8, 4) is 6.07 Å². The number of hydrogen-bond acceptors (Lipinski definition) is 5. The molecule has 3 rings (SSSR count). The Balaban J connectivity index is 1.46. The Labute approximate surface area is 154 Å². The molecule has 1 amide bonds. The Bertz CT molecular complexity index is 761. The van der Waals surface area contributed by atoms with Crippen molar-refractivity contribution < 1.29 is 4.79 Å². The third-order valence-electron chi connectivity index (χ3n) is 4.53. The molecule has 0 aliphatic carbocycles. The van der Waals surface area contributed by atoms with Crippen molar-refractivity contribution in [1.82, 2.24) is 15.2 Å². The Morgan fingerprint density at radius 3 is 2.54 bits per heavy atom. The van der Waals surface area contributed by atoms with E-state index in [-0.39, 0.29) is 11.9 Å². The summed E-state index contributed by atoms with van der Waals surface area (Å²) in [7, 11) is 0. The van der Waals surface area contributed by atoms with Crippen LogP contribution in [0.4, 0.5) is 5.69 Å². The van der Waals surface area contributed by atoms with E-state index in [1.54, 1.807) is 12.1 Å². The van der Waals surface area contributed by atoms with E-state index in [0.29, 0.717) is 11.3 Å². The van der Waals surface area contributed by atoms with Crippen LogP contribution in [0, 0.1) is 11.3 Å². The molecular weight excluding hydrogens is 326 g/mol. The van der Waals surface area contributed by atoms with E-state index in [1.165, 1.54) is 11.9 Å². The van der Waals surface area contributed by atoms with Crippen molar-refractivity contribution in [2.75, 3.05) is 37.6 Å². The molecular formula is C20H23N5O. The summed E-state index contributed by atoms with van der Waals surface area (Å²) in [6.07, 6.45) is 1.42. The lowest BCUT2D eigenvalue weighted by molar-refractivity contribution is 0.0923. The van der Waals surface area contributed by atoms with Gasteiger partial charge in [-0.15, -0.1) is 0 Å². The van der Waals surface area contributed by atoms with Gasteiger partial charge < -0.3 is 10.2 Å². The minimum atomic E-state index is -0.204. The maximum Gasteiger partial charge on any atom is 0.270 e. The highest BCUT2D eigenvalue weighted by atomic mass is 16.1. The Morgan fingerprint density at radius 2 is 1.92 bits per heavy atom. The van der Waals surface area contributed by atoms with E-state index in [1.807, 2.05) is 19.1 Å². The second-order valence-electron chi connectivity index (χ2n) is 6.54. The third kappa shape index (κ3) is 4.58. The van der Waals surface area contributed by atoms with E-state index in [2.05, 4.69) is 44.4 Å². The molecule has 1 aromatic carbocycles. The third-order valence-corrected chi connectivity index (χ3v) is 4.53. The minimum Gasteiger partial charge on any atom is -0.369 e. The molecule has 2 heterocycles. The molecule has 6 heteroatoms. The van der Waals surface area contributed by atoms with Crippen LogP contribution in [-0.4, -0.2) is 54.6 Å². The van der Waals surface area contributed by atoms with Crippen molar-refractivity contribution in [3.05, 3.63) is 59.9 Å². The predicted molar refractivity (Wildman–Crippen MR) is 101 cm³/mol. The fourth-order valence-corrected chi connectivity index (χ4v) is 3.15. The molecule has 0 unspecified atom stereocenters. The molecule has 1 N–H and O–H groups in total. The Morgan fingerprint density at radius 1 is 1.19 bits per heavy atom. The molecule has 1 fully saturated rings. The lowest BCUT2D eigenvalue weighted by Crippen LogP contribution is -2.50. The number of carbonyl (C=O) groups excluding carboxylic acids is 1. The van der Waals surface area contributed by atoms with Crippen molar-refractivity contribution in [1.29, 1.82) is 5.26 Å². The van der Waals surface area contributed by atoms with Crippen molar-refractivity contribution in [3.63, 3.8) is 0 Å². The predicted octanol–water partition coefficient (Wildman–Crippen LogP) is 1.89. The molecule has 0 bridgehead atoms. The highest BCUT2D eigenvalue weighted by molar-refractivity contribution is 5.92. The maximum absolute atomic E-state index is 12.3. The van der Waals surface area contributed by atoms with Gasteiger partial charge in [0, 0.05) is 50.6 Å². The lowest BCUT2D eigenvalue weighted by atomic mass is 10.2. The zero-order valence-electron chi connectivity index (χ0n) is 14.9. The molecule has 0 spiro atoms. The van der Waals surface area contributed by atoms with Gasteiger partial charge in [0.1, 0.15) is 11.8 Å². The highest BCUT2D eigenvalue weighted by Gasteiger charge is 2.20. The summed E-state index contributed by atoms with van der Waals surface area (Å²) in [5.41, 5.74) is 2.05. The Hall–Kier alpha value is -2.91. The average molecular weight is 349 g/mol. The average Bonchev–Trinajstić information content (AvgIpc) is 2.69. The quantitative estimate of drug-likeness (QED) is 0.892. The van der Waals surface area contributed by atoms with E-state index in [9.17, 15) is 4.79 Å². The van der Waals surface area contributed by atoms with Crippen LogP contribution < -0.4 is 10.2 Å². The molecule has 0 saturated carbocycles. The van der Waals surface area contributed by atoms with Gasteiger partial charge in [-0.3, -0.25) is 9.69 Å². The van der Waals surface area contributed by atoms with Gasteiger partial charge >= 0.3 is 0 Å². The number of nitrogens with one attached hydrogen (secondary N) is 1. The second kappa shape index (κ2) is 8.45. The number of nitriles is 1. The summed E-state index contributed by atoms with van der Waals surface area (Å²) >= 11 is 0. The van der Waals surface area contributed by atoms with Crippen molar-refractivity contribution >= 4 is 11.6 Å². The number of benzene rings is 1. The number of piperazine rings is 1. The van der Waals surface area contributed by atoms with Crippen LogP contribution in [0.1, 0.15) is 23.0 Å². The lowest BCUT2D eigenvalue weighted by Gasteiger charge is -2.37. The first-order chi connectivity index (χ1) is 12.7. The van der Waals surface area contributed by atoms with Crippen LogP contribution >= 0.6 is 0 Å². The van der Waals surface area contributed by atoms with Gasteiger partial charge in [-0.25, -0.2) is 4.98 Å². The topological polar surface area (TPSA) is 72.3 Å². The molecule has 1 atom stereocenters. The summed E-state index contributed by atoms with van der Waals surface area (Å²) in [6, 6.07) is 15.7. The van der Waals surface area contributed by atoms with E-state index >= 15 is 0 Å². The molecule has 1 saturated heterocycles. The van der Waals surface area contributed by atoms with Gasteiger partial charge in [-0.05, 0) is 31.2 Å². The summed E-state index contributed by atoms with van der Waals surface area (Å²) < 4.78 is 0. The monoisotopic (exact) mass is 349 g/mol. The standard InChI is InChI=1S/C20H23N5O/c1-16(23-20(26)19-8-7-17(13-21)14-22-19)15-24-9-11-25(12-10-24)18-5-3-2-4-6-18/h2-8,14,16H,9-12,15H2,1H3,(H,23,26)/t16-/m0/s1. The fraction of sp³-hybridized carbons (Fsp3) is 0.350. The number of anilines is 1. The van der Waals surface area contributed by atoms with Crippen molar-refractivity contribution in [2.24, 2.45) is 0 Å². The molecule has 1 aromatic heterocycles.